The van der Waals surface area contributed by atoms with Crippen molar-refractivity contribution < 1.29 is 17.1 Å². The van der Waals surface area contributed by atoms with Gasteiger partial charge in [0.25, 0.3) is 5.56 Å². The van der Waals surface area contributed by atoms with E-state index >= 15 is 0 Å². The summed E-state index contributed by atoms with van der Waals surface area (Å²) in [5.74, 6) is 0.991. The molecule has 2 aliphatic carbocycles. The Morgan fingerprint density at radius 1 is 1.13 bits per heavy atom. The Labute approximate surface area is 156 Å². The van der Waals surface area contributed by atoms with Gasteiger partial charge in [0.2, 0.25) is 0 Å². The Balaban J connectivity index is 0.000000377. The molecule has 0 bridgehead atoms. The van der Waals surface area contributed by atoms with E-state index in [2.05, 4.69) is 31.6 Å². The topological polar surface area (TPSA) is 59.3 Å². The van der Waals surface area contributed by atoms with Gasteiger partial charge in [-0.05, 0) is 73.7 Å². The van der Waals surface area contributed by atoms with Crippen LogP contribution in [0.4, 0.5) is 5.69 Å². The van der Waals surface area contributed by atoms with Crippen LogP contribution in [-0.4, -0.2) is 16.0 Å². The first-order valence-corrected chi connectivity index (χ1v) is 7.37. The molecule has 2 aliphatic rings. The average molecular weight is 415 g/mol. The third-order valence-electron chi connectivity index (χ3n) is 2.72. The van der Waals surface area contributed by atoms with Gasteiger partial charge in [0.1, 0.15) is 4.47 Å². The summed E-state index contributed by atoms with van der Waals surface area (Å²) in [5, 5.41) is 7.92. The van der Waals surface area contributed by atoms with Gasteiger partial charge < -0.3 is 0 Å². The normalized spacial score (nSPS) is 17.7. The summed E-state index contributed by atoms with van der Waals surface area (Å²) in [7, 11) is 1.59. The summed E-state index contributed by atoms with van der Waals surface area (Å²) in [6.45, 7) is 0. The smallest absolute Gasteiger partial charge is 0.276 e. The maximum absolute atomic E-state index is 11.5. The molecule has 2 saturated carbocycles. The van der Waals surface area contributed by atoms with Crippen molar-refractivity contribution in [2.24, 2.45) is 12.1 Å². The molecule has 2 fully saturated rings. The van der Waals surface area contributed by atoms with E-state index < -0.39 is 0 Å². The SMILES string of the molecule is Cn1ncc(N/N=C/[C]2[CH][CH][CH][CH]2)c(Br)c1=O.[CH]1[CH][CH][CH][CH]1.[Fe+2]. The second-order valence-electron chi connectivity index (χ2n) is 4.35. The van der Waals surface area contributed by atoms with E-state index in [1.54, 1.807) is 13.3 Å². The Bertz CT molecular complexity index is 544. The Morgan fingerprint density at radius 2 is 1.70 bits per heavy atom. The first-order chi connectivity index (χ1) is 10.7. The number of nitrogens with zero attached hydrogens (tertiary/aromatic N) is 3. The van der Waals surface area contributed by atoms with E-state index in [0.717, 1.165) is 5.92 Å². The van der Waals surface area contributed by atoms with E-state index in [1.807, 2.05) is 57.8 Å². The second kappa shape index (κ2) is 11.0. The van der Waals surface area contributed by atoms with Crippen LogP contribution in [0, 0.1) is 63.7 Å². The molecule has 1 N–H and O–H groups in total. The molecule has 0 amide bonds. The first-order valence-electron chi connectivity index (χ1n) is 6.58. The fraction of sp³-hybridized carbons (Fsp3) is 0.0625. The molecule has 0 aliphatic heterocycles. The molecule has 0 unspecified atom stereocenters. The minimum absolute atomic E-state index is 0. The zero-order chi connectivity index (χ0) is 15.8. The van der Waals surface area contributed by atoms with Crippen LogP contribution in [0.5, 0.6) is 0 Å². The van der Waals surface area contributed by atoms with E-state index in [9.17, 15) is 4.79 Å². The van der Waals surface area contributed by atoms with Gasteiger partial charge in [-0.2, -0.15) is 10.2 Å². The van der Waals surface area contributed by atoms with Crippen molar-refractivity contribution >= 4 is 27.8 Å². The first kappa shape index (κ1) is 20.4. The summed E-state index contributed by atoms with van der Waals surface area (Å²) >= 11 is 3.20. The minimum atomic E-state index is -0.210. The van der Waals surface area contributed by atoms with Crippen molar-refractivity contribution in [1.82, 2.24) is 9.78 Å². The van der Waals surface area contributed by atoms with Crippen molar-refractivity contribution in [3.05, 3.63) is 84.7 Å². The number of hydrogen-bond donors (Lipinski definition) is 1. The molecule has 1 heterocycles. The van der Waals surface area contributed by atoms with Crippen LogP contribution in [0.25, 0.3) is 0 Å². The maximum Gasteiger partial charge on any atom is 2.00 e. The number of rotatable bonds is 3. The van der Waals surface area contributed by atoms with Crippen LogP contribution in [0.15, 0.2) is 20.6 Å². The van der Waals surface area contributed by atoms with Gasteiger partial charge in [0.15, 0.2) is 0 Å². The zero-order valence-electron chi connectivity index (χ0n) is 12.3. The predicted molar refractivity (Wildman–Crippen MR) is 91.2 cm³/mol. The van der Waals surface area contributed by atoms with Crippen molar-refractivity contribution in [3.8, 4) is 0 Å². The number of anilines is 1. The number of hydrazone groups is 1. The summed E-state index contributed by atoms with van der Waals surface area (Å²) in [6.07, 6.45) is 20.9. The maximum atomic E-state index is 11.5. The molecule has 3 rings (SSSR count). The van der Waals surface area contributed by atoms with Crippen molar-refractivity contribution in [2.45, 2.75) is 0 Å². The van der Waals surface area contributed by atoms with Gasteiger partial charge in [-0.1, -0.05) is 0 Å². The molecular weight excluding hydrogens is 400 g/mol. The molecule has 1 aromatic rings. The molecule has 0 aromatic carbocycles. The van der Waals surface area contributed by atoms with E-state index in [-0.39, 0.29) is 22.6 Å². The standard InChI is InChI=1S/C11H10BrN4O.C5H5.Fe/c1-16-11(17)10(12)9(7-14-16)15-13-6-8-4-2-3-5-8;1-2-4-5-3-1;/h2-7,15H,1H3;1-5H;/q;;+2/b13-6+;;. The van der Waals surface area contributed by atoms with Gasteiger partial charge in [-0.15, -0.1) is 0 Å². The second-order valence-corrected chi connectivity index (χ2v) is 5.14. The van der Waals surface area contributed by atoms with Crippen molar-refractivity contribution in [2.75, 3.05) is 5.43 Å². The van der Waals surface area contributed by atoms with Crippen LogP contribution >= 0.6 is 15.9 Å². The monoisotopic (exact) mass is 414 g/mol. The quantitative estimate of drug-likeness (QED) is 0.469. The zero-order valence-corrected chi connectivity index (χ0v) is 15.0. The Kier molecular flexibility index (Phi) is 9.75. The van der Waals surface area contributed by atoms with Gasteiger partial charge >= 0.3 is 17.1 Å². The largest absolute Gasteiger partial charge is 2.00 e. The summed E-state index contributed by atoms with van der Waals surface area (Å²) in [4.78, 5) is 11.5. The molecule has 7 heteroatoms. The van der Waals surface area contributed by atoms with Gasteiger partial charge in [0, 0.05) is 19.2 Å². The third kappa shape index (κ3) is 6.77. The number of aromatic nitrogens is 2. The molecule has 23 heavy (non-hydrogen) atoms. The van der Waals surface area contributed by atoms with Crippen molar-refractivity contribution in [3.63, 3.8) is 0 Å². The number of aryl methyl sites for hydroxylation is 1. The van der Waals surface area contributed by atoms with E-state index in [0.29, 0.717) is 10.2 Å². The molecule has 5 nitrogen and oxygen atoms in total. The summed E-state index contributed by atoms with van der Waals surface area (Å²) in [6, 6.07) is 0. The van der Waals surface area contributed by atoms with Gasteiger partial charge in [-0.25, -0.2) is 4.68 Å². The molecule has 0 atom stereocenters. The summed E-state index contributed by atoms with van der Waals surface area (Å²) in [5.41, 5.74) is 3.09. The van der Waals surface area contributed by atoms with Gasteiger partial charge in [0.05, 0.1) is 11.9 Å². The Morgan fingerprint density at radius 3 is 2.26 bits per heavy atom. The fourth-order valence-corrected chi connectivity index (χ4v) is 2.01. The molecule has 118 valence electrons. The number of hydrogen-bond acceptors (Lipinski definition) is 4. The van der Waals surface area contributed by atoms with Crippen LogP contribution < -0.4 is 11.0 Å². The minimum Gasteiger partial charge on any atom is -0.276 e. The fourth-order valence-electron chi connectivity index (χ4n) is 1.56. The molecule has 10 radical (unpaired) electrons. The predicted octanol–water partition coefficient (Wildman–Crippen LogP) is 2.36. The van der Waals surface area contributed by atoms with Crippen LogP contribution in [-0.2, 0) is 24.1 Å². The molecular formula is C16H15BrFeN4O+2. The average Bonchev–Trinajstić information content (AvgIpc) is 3.23. The third-order valence-corrected chi connectivity index (χ3v) is 3.49. The summed E-state index contributed by atoms with van der Waals surface area (Å²) < 4.78 is 1.66. The van der Waals surface area contributed by atoms with Crippen LogP contribution in [0.3, 0.4) is 0 Å². The molecule has 0 spiro atoms. The number of nitrogens with one attached hydrogen (secondary N) is 1. The van der Waals surface area contributed by atoms with E-state index in [4.69, 9.17) is 0 Å². The van der Waals surface area contributed by atoms with E-state index in [1.165, 1.54) is 10.9 Å². The van der Waals surface area contributed by atoms with Crippen LogP contribution in [0.1, 0.15) is 0 Å². The molecule has 0 saturated heterocycles. The Hall–Kier alpha value is -0.651. The number of halogens is 1. The van der Waals surface area contributed by atoms with Gasteiger partial charge in [-0.3, -0.25) is 10.2 Å². The molecule has 1 aromatic heterocycles. The van der Waals surface area contributed by atoms with Crippen molar-refractivity contribution in [1.29, 1.82) is 0 Å². The van der Waals surface area contributed by atoms with Crippen LogP contribution in [0.2, 0.25) is 0 Å².